The number of benzene rings is 1. The molecule has 0 aliphatic heterocycles. The molecule has 0 bridgehead atoms. The zero-order chi connectivity index (χ0) is 14.0. The fraction of sp³-hybridized carbons (Fsp3) is 0.100. The molecule has 0 aliphatic carbocycles. The minimum Gasteiger partial charge on any atom is -0.366 e. The lowest BCUT2D eigenvalue weighted by Crippen LogP contribution is -2.13. The Morgan fingerprint density at radius 3 is 2.17 bits per heavy atom. The summed E-state index contributed by atoms with van der Waals surface area (Å²) in [5.41, 5.74) is 0.214. The Morgan fingerprint density at radius 2 is 1.78 bits per heavy atom. The number of rotatable bonds is 4. The predicted octanol–water partition coefficient (Wildman–Crippen LogP) is 1.41. The molecule has 1 aromatic rings. The molecule has 18 heavy (non-hydrogen) atoms. The van der Waals surface area contributed by atoms with E-state index in [-0.39, 0.29) is 0 Å². The van der Waals surface area contributed by atoms with Crippen LogP contribution in [0.2, 0.25) is 0 Å². The Balaban J connectivity index is 3.03. The van der Waals surface area contributed by atoms with Gasteiger partial charge in [-0.3, -0.25) is 9.36 Å². The van der Waals surface area contributed by atoms with E-state index in [2.05, 4.69) is 0 Å². The van der Waals surface area contributed by atoms with Gasteiger partial charge in [-0.1, -0.05) is 24.3 Å². The van der Waals surface area contributed by atoms with E-state index in [4.69, 9.17) is 15.5 Å². The van der Waals surface area contributed by atoms with Crippen molar-refractivity contribution in [1.29, 1.82) is 0 Å². The molecule has 4 N–H and O–H groups in total. The maximum atomic E-state index is 13.3. The summed E-state index contributed by atoms with van der Waals surface area (Å²) < 4.78 is 37.1. The van der Waals surface area contributed by atoms with E-state index in [0.29, 0.717) is 5.56 Å². The number of primary amides is 1. The van der Waals surface area contributed by atoms with E-state index in [0.717, 1.165) is 18.2 Å². The average Bonchev–Trinajstić information content (AvgIpc) is 2.25. The number of halogens is 2. The maximum absolute atomic E-state index is 13.3. The van der Waals surface area contributed by atoms with Crippen molar-refractivity contribution in [3.05, 3.63) is 41.5 Å². The molecular formula is C10H10F2NO4P. The summed E-state index contributed by atoms with van der Waals surface area (Å²) in [6, 6.07) is 4.14. The minimum absolute atomic E-state index is 0.402. The van der Waals surface area contributed by atoms with Crippen molar-refractivity contribution < 1.29 is 27.9 Å². The molecule has 8 heteroatoms. The molecule has 0 saturated carbocycles. The van der Waals surface area contributed by atoms with Gasteiger partial charge in [0.15, 0.2) is 0 Å². The molecule has 0 fully saturated rings. The fourth-order valence-corrected chi connectivity index (χ4v) is 1.63. The highest BCUT2D eigenvalue weighted by molar-refractivity contribution is 7.52. The molecule has 0 aliphatic rings. The summed E-state index contributed by atoms with van der Waals surface area (Å²) >= 11 is 0. The van der Waals surface area contributed by atoms with Crippen molar-refractivity contribution in [2.75, 3.05) is 0 Å². The van der Waals surface area contributed by atoms with Gasteiger partial charge in [-0.25, -0.2) is 0 Å². The lowest BCUT2D eigenvalue weighted by Gasteiger charge is -2.17. The molecular weight excluding hydrogens is 267 g/mol. The van der Waals surface area contributed by atoms with Crippen LogP contribution in [-0.4, -0.2) is 15.7 Å². The van der Waals surface area contributed by atoms with Crippen LogP contribution in [-0.2, 0) is 15.0 Å². The van der Waals surface area contributed by atoms with Crippen LogP contribution in [0, 0.1) is 0 Å². The van der Waals surface area contributed by atoms with Crippen LogP contribution in [0.3, 0.4) is 0 Å². The summed E-state index contributed by atoms with van der Waals surface area (Å²) in [6.07, 6.45) is 2.33. The van der Waals surface area contributed by atoms with Gasteiger partial charge in [0.2, 0.25) is 5.91 Å². The summed E-state index contributed by atoms with van der Waals surface area (Å²) in [7, 11) is -5.56. The third-order valence-electron chi connectivity index (χ3n) is 2.06. The van der Waals surface area contributed by atoms with Crippen LogP contribution in [0.5, 0.6) is 0 Å². The molecule has 1 aromatic carbocycles. The van der Waals surface area contributed by atoms with Crippen LogP contribution in [0.25, 0.3) is 6.08 Å². The molecule has 0 heterocycles. The Hall–Kier alpha value is -1.56. The van der Waals surface area contributed by atoms with Gasteiger partial charge in [0.1, 0.15) is 0 Å². The molecule has 1 amide bonds. The quantitative estimate of drug-likeness (QED) is 0.572. The molecule has 0 atom stereocenters. The Morgan fingerprint density at radius 1 is 1.28 bits per heavy atom. The minimum atomic E-state index is -5.56. The molecule has 0 spiro atoms. The normalized spacial score (nSPS) is 12.9. The van der Waals surface area contributed by atoms with E-state index in [1.807, 2.05) is 0 Å². The highest BCUT2D eigenvalue weighted by atomic mass is 31.2. The topological polar surface area (TPSA) is 101 Å². The molecule has 0 radical (unpaired) electrons. The highest BCUT2D eigenvalue weighted by Crippen LogP contribution is 2.59. The van der Waals surface area contributed by atoms with Gasteiger partial charge in [0, 0.05) is 11.6 Å². The van der Waals surface area contributed by atoms with Gasteiger partial charge in [0.05, 0.1) is 0 Å². The van der Waals surface area contributed by atoms with Gasteiger partial charge in [-0.2, -0.15) is 8.78 Å². The smallest absolute Gasteiger partial charge is 0.366 e. The van der Waals surface area contributed by atoms with E-state index in [9.17, 15) is 18.1 Å². The Labute approximate surface area is 101 Å². The van der Waals surface area contributed by atoms with Crippen molar-refractivity contribution in [2.45, 2.75) is 5.66 Å². The lowest BCUT2D eigenvalue weighted by molar-refractivity contribution is -0.113. The second kappa shape index (κ2) is 4.97. The predicted molar refractivity (Wildman–Crippen MR) is 60.6 cm³/mol. The lowest BCUT2D eigenvalue weighted by atomic mass is 10.1. The number of alkyl halides is 2. The van der Waals surface area contributed by atoms with E-state index in [1.165, 1.54) is 18.2 Å². The first-order chi connectivity index (χ1) is 8.14. The highest BCUT2D eigenvalue weighted by Gasteiger charge is 2.50. The molecule has 0 unspecified atom stereocenters. The van der Waals surface area contributed by atoms with Crippen LogP contribution in [0.15, 0.2) is 30.3 Å². The molecule has 0 aromatic heterocycles. The summed E-state index contributed by atoms with van der Waals surface area (Å²) in [4.78, 5) is 27.5. The van der Waals surface area contributed by atoms with Gasteiger partial charge >= 0.3 is 13.3 Å². The molecule has 98 valence electrons. The summed E-state index contributed by atoms with van der Waals surface area (Å²) in [6.45, 7) is 0. The van der Waals surface area contributed by atoms with Gasteiger partial charge < -0.3 is 15.5 Å². The number of amides is 1. The van der Waals surface area contributed by atoms with Gasteiger partial charge in [-0.05, 0) is 11.6 Å². The standard InChI is InChI=1S/C10H10F2NO4P/c11-10(12,18(15,16)17)8-4-1-7(2-5-8)3-6-9(13)14/h1-6H,(H2,13,14)(H2,15,16,17). The van der Waals surface area contributed by atoms with Crippen LogP contribution >= 0.6 is 7.60 Å². The number of hydrogen-bond acceptors (Lipinski definition) is 2. The zero-order valence-corrected chi connectivity index (χ0v) is 9.85. The van der Waals surface area contributed by atoms with Crippen molar-refractivity contribution in [3.8, 4) is 0 Å². The van der Waals surface area contributed by atoms with Crippen LogP contribution in [0.4, 0.5) is 8.78 Å². The molecule has 0 saturated heterocycles. The zero-order valence-electron chi connectivity index (χ0n) is 8.96. The fourth-order valence-electron chi connectivity index (χ4n) is 1.14. The van der Waals surface area contributed by atoms with E-state index < -0.39 is 24.7 Å². The second-order valence-corrected chi connectivity index (χ2v) is 5.09. The first-order valence-corrected chi connectivity index (χ1v) is 6.27. The average molecular weight is 277 g/mol. The Bertz CT molecular complexity index is 521. The first-order valence-electron chi connectivity index (χ1n) is 4.66. The third-order valence-corrected chi connectivity index (χ3v) is 3.05. The van der Waals surface area contributed by atoms with Crippen LogP contribution in [0.1, 0.15) is 11.1 Å². The second-order valence-electron chi connectivity index (χ2n) is 3.44. The molecule has 5 nitrogen and oxygen atoms in total. The summed E-state index contributed by atoms with van der Waals surface area (Å²) in [5, 5.41) is 0. The number of carbonyl (C=O) groups excluding carboxylic acids is 1. The van der Waals surface area contributed by atoms with E-state index >= 15 is 0 Å². The third kappa shape index (κ3) is 3.22. The summed E-state index contributed by atoms with van der Waals surface area (Å²) in [5.74, 6) is -0.695. The van der Waals surface area contributed by atoms with Crippen molar-refractivity contribution in [2.24, 2.45) is 5.73 Å². The number of hydrogen-bond donors (Lipinski definition) is 3. The van der Waals surface area contributed by atoms with E-state index in [1.54, 1.807) is 0 Å². The maximum Gasteiger partial charge on any atom is 0.399 e. The number of carbonyl (C=O) groups is 1. The van der Waals surface area contributed by atoms with Crippen molar-refractivity contribution in [1.82, 2.24) is 0 Å². The van der Waals surface area contributed by atoms with Crippen molar-refractivity contribution >= 4 is 19.6 Å². The SMILES string of the molecule is NC(=O)C=Cc1ccc(C(F)(F)P(=O)(O)O)cc1. The molecule has 1 rings (SSSR count). The Kier molecular flexibility index (Phi) is 4.01. The number of nitrogens with two attached hydrogens (primary N) is 1. The van der Waals surface area contributed by atoms with Crippen LogP contribution < -0.4 is 5.73 Å². The van der Waals surface area contributed by atoms with Gasteiger partial charge in [0.25, 0.3) is 0 Å². The van der Waals surface area contributed by atoms with Crippen molar-refractivity contribution in [3.63, 3.8) is 0 Å². The monoisotopic (exact) mass is 277 g/mol. The van der Waals surface area contributed by atoms with Gasteiger partial charge in [-0.15, -0.1) is 0 Å². The first kappa shape index (κ1) is 14.5. The largest absolute Gasteiger partial charge is 0.399 e.